The molecule has 3 amide bonds. The van der Waals surface area contributed by atoms with E-state index in [2.05, 4.69) is 16.0 Å². The highest BCUT2D eigenvalue weighted by Gasteiger charge is 2.24. The van der Waals surface area contributed by atoms with Crippen molar-refractivity contribution in [3.63, 3.8) is 0 Å². The highest BCUT2D eigenvalue weighted by Crippen LogP contribution is 2.01. The molecular formula is C16H31N5O5. The molecule has 0 aromatic carbocycles. The quantitative estimate of drug-likeness (QED) is 0.221. The monoisotopic (exact) mass is 373 g/mol. The third-order valence-corrected chi connectivity index (χ3v) is 3.78. The lowest BCUT2D eigenvalue weighted by atomic mass is 10.1. The van der Waals surface area contributed by atoms with Crippen molar-refractivity contribution in [1.82, 2.24) is 16.0 Å². The predicted molar refractivity (Wildman–Crippen MR) is 95.9 cm³/mol. The van der Waals surface area contributed by atoms with Crippen LogP contribution in [0.1, 0.15) is 40.0 Å². The Labute approximate surface area is 153 Å². The van der Waals surface area contributed by atoms with Gasteiger partial charge in [0, 0.05) is 0 Å². The maximum atomic E-state index is 12.0. The van der Waals surface area contributed by atoms with Gasteiger partial charge in [0.25, 0.3) is 0 Å². The number of carbonyl (C=O) groups is 4. The van der Waals surface area contributed by atoms with Crippen molar-refractivity contribution in [2.75, 3.05) is 13.1 Å². The van der Waals surface area contributed by atoms with Crippen LogP contribution in [0.3, 0.4) is 0 Å². The Morgan fingerprint density at radius 1 is 1.00 bits per heavy atom. The molecule has 0 saturated carbocycles. The molecule has 0 aromatic heterocycles. The highest BCUT2D eigenvalue weighted by atomic mass is 16.4. The minimum Gasteiger partial charge on any atom is -0.480 e. The molecule has 0 heterocycles. The maximum Gasteiger partial charge on any atom is 0.326 e. The van der Waals surface area contributed by atoms with Crippen LogP contribution in [0.2, 0.25) is 0 Å². The molecule has 26 heavy (non-hydrogen) atoms. The fraction of sp³-hybridized carbons (Fsp3) is 0.750. The minimum absolute atomic E-state index is 0.0741. The van der Waals surface area contributed by atoms with Crippen molar-refractivity contribution in [2.24, 2.45) is 17.4 Å². The molecule has 3 atom stereocenters. The lowest BCUT2D eigenvalue weighted by molar-refractivity contribution is -0.142. The number of unbranched alkanes of at least 4 members (excludes halogenated alkanes) is 1. The SMILES string of the molecule is CC(NC(=O)CNC(=O)C(N)C(C)C)C(=O)NC(CCCCN)C(=O)O. The van der Waals surface area contributed by atoms with Crippen molar-refractivity contribution in [2.45, 2.75) is 58.2 Å². The van der Waals surface area contributed by atoms with Gasteiger partial charge in [0.1, 0.15) is 12.1 Å². The second-order valence-corrected chi connectivity index (χ2v) is 6.46. The van der Waals surface area contributed by atoms with Gasteiger partial charge in [0.15, 0.2) is 0 Å². The second-order valence-electron chi connectivity index (χ2n) is 6.46. The number of carboxylic acid groups (broad SMARTS) is 1. The van der Waals surface area contributed by atoms with Gasteiger partial charge in [0.05, 0.1) is 12.6 Å². The van der Waals surface area contributed by atoms with E-state index >= 15 is 0 Å². The van der Waals surface area contributed by atoms with Crippen LogP contribution in [0.5, 0.6) is 0 Å². The molecule has 0 fully saturated rings. The van der Waals surface area contributed by atoms with Crippen molar-refractivity contribution in [3.05, 3.63) is 0 Å². The first kappa shape index (κ1) is 23.8. The maximum absolute atomic E-state index is 12.0. The van der Waals surface area contributed by atoms with Gasteiger partial charge in [-0.2, -0.15) is 0 Å². The number of hydrogen-bond donors (Lipinski definition) is 6. The normalized spacial score (nSPS) is 14.2. The lowest BCUT2D eigenvalue weighted by Crippen LogP contribution is -2.53. The Kier molecular flexibility index (Phi) is 11.2. The summed E-state index contributed by atoms with van der Waals surface area (Å²) in [6, 6.07) is -2.72. The van der Waals surface area contributed by atoms with Gasteiger partial charge in [-0.15, -0.1) is 0 Å². The summed E-state index contributed by atoms with van der Waals surface area (Å²) in [5.74, 6) is -2.88. The van der Waals surface area contributed by atoms with Crippen molar-refractivity contribution < 1.29 is 24.3 Å². The Morgan fingerprint density at radius 2 is 1.62 bits per heavy atom. The highest BCUT2D eigenvalue weighted by molar-refractivity contribution is 5.92. The fourth-order valence-electron chi connectivity index (χ4n) is 1.99. The van der Waals surface area contributed by atoms with E-state index in [1.54, 1.807) is 13.8 Å². The van der Waals surface area contributed by atoms with Crippen molar-refractivity contribution in [1.29, 1.82) is 0 Å². The number of hydrogen-bond acceptors (Lipinski definition) is 6. The summed E-state index contributed by atoms with van der Waals surface area (Å²) >= 11 is 0. The number of nitrogens with one attached hydrogen (secondary N) is 3. The van der Waals surface area contributed by atoms with Crippen LogP contribution in [0.4, 0.5) is 0 Å². The van der Waals surface area contributed by atoms with Gasteiger partial charge in [-0.1, -0.05) is 13.8 Å². The molecule has 0 bridgehead atoms. The fourth-order valence-corrected chi connectivity index (χ4v) is 1.99. The molecule has 10 nitrogen and oxygen atoms in total. The van der Waals surface area contributed by atoms with Gasteiger partial charge in [-0.3, -0.25) is 14.4 Å². The van der Waals surface area contributed by atoms with Crippen molar-refractivity contribution >= 4 is 23.7 Å². The Hall–Kier alpha value is -2.20. The molecule has 0 aliphatic rings. The third kappa shape index (κ3) is 9.33. The topological polar surface area (TPSA) is 177 Å². The molecular weight excluding hydrogens is 342 g/mol. The van der Waals surface area contributed by atoms with Crippen LogP contribution in [-0.2, 0) is 19.2 Å². The largest absolute Gasteiger partial charge is 0.480 e. The smallest absolute Gasteiger partial charge is 0.326 e. The van der Waals surface area contributed by atoms with Crippen LogP contribution in [0, 0.1) is 5.92 Å². The van der Waals surface area contributed by atoms with Crippen LogP contribution in [0.25, 0.3) is 0 Å². The predicted octanol–water partition coefficient (Wildman–Crippen LogP) is -1.71. The number of nitrogens with two attached hydrogens (primary N) is 2. The standard InChI is InChI=1S/C16H31N5O5/c1-9(2)13(18)15(24)19-8-12(22)20-10(3)14(23)21-11(16(25)26)6-4-5-7-17/h9-11,13H,4-8,17-18H2,1-3H3,(H,19,24)(H,20,22)(H,21,23)(H,25,26). The van der Waals surface area contributed by atoms with Crippen LogP contribution < -0.4 is 27.4 Å². The zero-order valence-electron chi connectivity index (χ0n) is 15.6. The van der Waals surface area contributed by atoms with Gasteiger partial charge in [-0.05, 0) is 38.6 Å². The van der Waals surface area contributed by atoms with Gasteiger partial charge >= 0.3 is 5.97 Å². The summed E-state index contributed by atoms with van der Waals surface area (Å²) < 4.78 is 0. The summed E-state index contributed by atoms with van der Waals surface area (Å²) in [4.78, 5) is 46.7. The molecule has 0 aromatic rings. The van der Waals surface area contributed by atoms with E-state index in [-0.39, 0.29) is 18.9 Å². The minimum atomic E-state index is -1.15. The van der Waals surface area contributed by atoms with E-state index in [4.69, 9.17) is 16.6 Å². The van der Waals surface area contributed by atoms with Crippen LogP contribution in [-0.4, -0.2) is 60.0 Å². The molecule has 3 unspecified atom stereocenters. The summed E-state index contributed by atoms with van der Waals surface area (Å²) in [6.45, 7) is 5.11. The third-order valence-electron chi connectivity index (χ3n) is 3.78. The molecule has 150 valence electrons. The van der Waals surface area contributed by atoms with E-state index in [0.29, 0.717) is 19.4 Å². The van der Waals surface area contributed by atoms with Gasteiger partial charge in [-0.25, -0.2) is 4.79 Å². The van der Waals surface area contributed by atoms with Crippen LogP contribution >= 0.6 is 0 Å². The number of rotatable bonds is 12. The van der Waals surface area contributed by atoms with E-state index in [1.807, 2.05) is 0 Å². The van der Waals surface area contributed by atoms with E-state index < -0.39 is 41.8 Å². The lowest BCUT2D eigenvalue weighted by Gasteiger charge is -2.19. The first-order valence-corrected chi connectivity index (χ1v) is 8.66. The van der Waals surface area contributed by atoms with Crippen LogP contribution in [0.15, 0.2) is 0 Å². The Balaban J connectivity index is 4.40. The Morgan fingerprint density at radius 3 is 2.12 bits per heavy atom. The first-order valence-electron chi connectivity index (χ1n) is 8.66. The number of aliphatic carboxylic acids is 1. The zero-order valence-corrected chi connectivity index (χ0v) is 15.6. The van der Waals surface area contributed by atoms with Gasteiger partial charge in [0.2, 0.25) is 17.7 Å². The molecule has 8 N–H and O–H groups in total. The van der Waals surface area contributed by atoms with Gasteiger partial charge < -0.3 is 32.5 Å². The van der Waals surface area contributed by atoms with E-state index in [1.165, 1.54) is 6.92 Å². The summed E-state index contributed by atoms with van der Waals surface area (Å²) in [5, 5.41) is 16.3. The first-order chi connectivity index (χ1) is 12.1. The van der Waals surface area contributed by atoms with E-state index in [0.717, 1.165) is 0 Å². The molecule has 0 saturated heterocycles. The zero-order chi connectivity index (χ0) is 20.3. The average molecular weight is 373 g/mol. The Bertz CT molecular complexity index is 497. The molecule has 0 rings (SSSR count). The molecule has 0 aliphatic heterocycles. The number of carbonyl (C=O) groups excluding carboxylic acids is 3. The molecule has 0 spiro atoms. The van der Waals surface area contributed by atoms with Crippen molar-refractivity contribution in [3.8, 4) is 0 Å². The summed E-state index contributed by atoms with van der Waals surface area (Å²) in [6.07, 6.45) is 1.48. The average Bonchev–Trinajstić information content (AvgIpc) is 2.57. The summed E-state index contributed by atoms with van der Waals surface area (Å²) in [5.41, 5.74) is 11.0. The number of amides is 3. The summed E-state index contributed by atoms with van der Waals surface area (Å²) in [7, 11) is 0. The molecule has 0 radical (unpaired) electrons. The van der Waals surface area contributed by atoms with E-state index in [9.17, 15) is 19.2 Å². The molecule has 10 heteroatoms. The number of carboxylic acids is 1. The second kappa shape index (κ2) is 12.2. The molecule has 0 aliphatic carbocycles.